The van der Waals surface area contributed by atoms with E-state index >= 15 is 0 Å². The second-order valence-corrected chi connectivity index (χ2v) is 3.72. The van der Waals surface area contributed by atoms with Gasteiger partial charge in [-0.3, -0.25) is 0 Å². The van der Waals surface area contributed by atoms with E-state index in [2.05, 4.69) is 39.1 Å². The van der Waals surface area contributed by atoms with Crippen LogP contribution in [0.4, 0.5) is 0 Å². The number of hydrogen-bond donors (Lipinski definition) is 0. The van der Waals surface area contributed by atoms with Crippen LogP contribution in [0.1, 0.15) is 11.1 Å². The molecule has 1 nitrogen and oxygen atoms in total. The van der Waals surface area contributed by atoms with Crippen LogP contribution in [-0.4, -0.2) is 0 Å². The molecule has 0 unspecified atom stereocenters. The van der Waals surface area contributed by atoms with Crippen molar-refractivity contribution < 1.29 is 24.7 Å². The molecule has 16 heavy (non-hydrogen) atoms. The Morgan fingerprint density at radius 3 is 2.56 bits per heavy atom. The van der Waals surface area contributed by atoms with Crippen LogP contribution in [0.25, 0.3) is 11.3 Å². The number of pyridine rings is 1. The molecule has 0 saturated carbocycles. The van der Waals surface area contributed by atoms with Crippen LogP contribution in [0.5, 0.6) is 0 Å². The molecule has 2 heteroatoms. The van der Waals surface area contributed by atoms with E-state index in [4.69, 9.17) is 0 Å². The summed E-state index contributed by atoms with van der Waals surface area (Å²) in [5, 5.41) is 0. The average Bonchev–Trinajstić information content (AvgIpc) is 2.26. The molecule has 1 radical (unpaired) electrons. The minimum atomic E-state index is 0. The van der Waals surface area contributed by atoms with Crippen molar-refractivity contribution in [2.45, 2.75) is 13.8 Å². The van der Waals surface area contributed by atoms with Gasteiger partial charge < -0.3 is 4.57 Å². The van der Waals surface area contributed by atoms with Crippen molar-refractivity contribution in [3.8, 4) is 11.3 Å². The molecule has 0 N–H and O–H groups in total. The summed E-state index contributed by atoms with van der Waals surface area (Å²) in [5.41, 5.74) is 4.77. The summed E-state index contributed by atoms with van der Waals surface area (Å²) in [7, 11) is 4.00. The van der Waals surface area contributed by atoms with Gasteiger partial charge in [0.2, 0.25) is 0 Å². The number of nitrogens with zero attached hydrogens (tertiary/aromatic N) is 1. The number of aromatic nitrogens is 1. The van der Waals surface area contributed by atoms with Crippen LogP contribution < -0.4 is 4.57 Å². The Morgan fingerprint density at radius 2 is 1.94 bits per heavy atom. The monoisotopic (exact) mass is 389 g/mol. The first-order valence-corrected chi connectivity index (χ1v) is 5.00. The Bertz CT molecular complexity index is 478. The van der Waals surface area contributed by atoms with Crippen LogP contribution in [0, 0.1) is 27.0 Å². The molecular formula is C14H14IrN-. The standard InChI is InChI=1S/C14H14N.Ir/c1-11-9-10-15(3)14(12(11)2)13-7-5-4-6-8-13;/h4-7,9-10H,3H2,1-2H3;/q-1;. The predicted molar refractivity (Wildman–Crippen MR) is 61.1 cm³/mol. The van der Waals surface area contributed by atoms with Gasteiger partial charge in [-0.15, -0.1) is 30.3 Å². The normalized spacial score (nSPS) is 9.62. The van der Waals surface area contributed by atoms with E-state index in [-0.39, 0.29) is 20.1 Å². The molecule has 0 amide bonds. The predicted octanol–water partition coefficient (Wildman–Crippen LogP) is 2.70. The Balaban J connectivity index is 0.00000128. The minimum absolute atomic E-state index is 0. The first kappa shape index (κ1) is 13.0. The third-order valence-corrected chi connectivity index (χ3v) is 2.70. The average molecular weight is 388 g/mol. The minimum Gasteiger partial charge on any atom is -0.321 e. The van der Waals surface area contributed by atoms with Crippen molar-refractivity contribution in [2.24, 2.45) is 0 Å². The van der Waals surface area contributed by atoms with Gasteiger partial charge in [0.1, 0.15) is 5.69 Å². The van der Waals surface area contributed by atoms with Gasteiger partial charge in [-0.2, -0.15) is 0 Å². The zero-order valence-electron chi connectivity index (χ0n) is 9.45. The number of benzene rings is 1. The quantitative estimate of drug-likeness (QED) is 0.523. The Labute approximate surface area is 110 Å². The molecule has 0 bridgehead atoms. The maximum atomic E-state index is 4.00. The van der Waals surface area contributed by atoms with E-state index in [0.717, 1.165) is 11.3 Å². The van der Waals surface area contributed by atoms with Gasteiger partial charge in [0.05, 0.1) is 6.20 Å². The molecule has 0 aliphatic carbocycles. The van der Waals surface area contributed by atoms with Crippen LogP contribution >= 0.6 is 0 Å². The third kappa shape index (κ3) is 2.34. The van der Waals surface area contributed by atoms with E-state index < -0.39 is 0 Å². The smallest absolute Gasteiger partial charge is 0.118 e. The van der Waals surface area contributed by atoms with Crippen molar-refractivity contribution in [1.29, 1.82) is 0 Å². The van der Waals surface area contributed by atoms with Crippen molar-refractivity contribution in [2.75, 3.05) is 0 Å². The maximum absolute atomic E-state index is 4.00. The first-order chi connectivity index (χ1) is 7.20. The second-order valence-electron chi connectivity index (χ2n) is 3.72. The van der Waals surface area contributed by atoms with Crippen LogP contribution in [0.3, 0.4) is 0 Å². The first-order valence-electron chi connectivity index (χ1n) is 5.00. The fourth-order valence-electron chi connectivity index (χ4n) is 1.70. The zero-order valence-corrected chi connectivity index (χ0v) is 11.8. The van der Waals surface area contributed by atoms with Crippen LogP contribution in [0.2, 0.25) is 0 Å². The summed E-state index contributed by atoms with van der Waals surface area (Å²) in [6, 6.07) is 13.3. The molecule has 1 aromatic heterocycles. The number of aryl methyl sites for hydroxylation is 1. The Hall–Kier alpha value is -1.11. The SMILES string of the molecule is [CH2-][n+]1ccc(C)c(C)c1-c1[c-]cccc1.[Ir]. The largest absolute Gasteiger partial charge is 0.321 e. The van der Waals surface area contributed by atoms with Gasteiger partial charge in [0.15, 0.2) is 0 Å². The molecule has 2 rings (SSSR count). The molecule has 1 heterocycles. The second kappa shape index (κ2) is 5.29. The van der Waals surface area contributed by atoms with Gasteiger partial charge >= 0.3 is 0 Å². The van der Waals surface area contributed by atoms with Gasteiger partial charge in [-0.25, -0.2) is 0 Å². The van der Waals surface area contributed by atoms with Gasteiger partial charge in [-0.1, -0.05) is 17.2 Å². The zero-order chi connectivity index (χ0) is 10.8. The van der Waals surface area contributed by atoms with Crippen LogP contribution in [0.15, 0.2) is 36.5 Å². The molecule has 85 valence electrons. The van der Waals surface area contributed by atoms with Crippen molar-refractivity contribution >= 4 is 0 Å². The van der Waals surface area contributed by atoms with E-state index in [1.54, 1.807) is 0 Å². The molecule has 0 atom stereocenters. The number of rotatable bonds is 1. The van der Waals surface area contributed by atoms with E-state index in [1.165, 1.54) is 11.1 Å². The summed E-state index contributed by atoms with van der Waals surface area (Å²) < 4.78 is 1.90. The topological polar surface area (TPSA) is 3.88 Å². The molecule has 0 aliphatic heterocycles. The molecule has 1 aromatic carbocycles. The Kier molecular flexibility index (Phi) is 4.28. The van der Waals surface area contributed by atoms with E-state index in [0.29, 0.717) is 0 Å². The maximum Gasteiger partial charge on any atom is 0.118 e. The fraction of sp³-hybridized carbons (Fsp3) is 0.143. The summed E-state index contributed by atoms with van der Waals surface area (Å²) in [6.45, 7) is 4.23. The van der Waals surface area contributed by atoms with E-state index in [1.807, 2.05) is 29.0 Å². The van der Waals surface area contributed by atoms with Gasteiger partial charge in [0.25, 0.3) is 0 Å². The van der Waals surface area contributed by atoms with Crippen LogP contribution in [-0.2, 0) is 20.1 Å². The molecular weight excluding hydrogens is 374 g/mol. The summed E-state index contributed by atoms with van der Waals surface area (Å²) in [6.07, 6.45) is 1.98. The molecule has 0 saturated heterocycles. The fourth-order valence-corrected chi connectivity index (χ4v) is 1.70. The summed E-state index contributed by atoms with van der Waals surface area (Å²) in [4.78, 5) is 0. The third-order valence-electron chi connectivity index (χ3n) is 2.70. The number of hydrogen-bond acceptors (Lipinski definition) is 0. The molecule has 0 aliphatic rings. The van der Waals surface area contributed by atoms with Gasteiger partial charge in [-0.05, 0) is 19.4 Å². The van der Waals surface area contributed by atoms with Crippen molar-refractivity contribution in [1.82, 2.24) is 0 Å². The van der Waals surface area contributed by atoms with E-state index in [9.17, 15) is 0 Å². The van der Waals surface area contributed by atoms with Crippen molar-refractivity contribution in [3.05, 3.63) is 60.8 Å². The van der Waals surface area contributed by atoms with Crippen molar-refractivity contribution in [3.63, 3.8) is 0 Å². The summed E-state index contributed by atoms with van der Waals surface area (Å²) >= 11 is 0. The summed E-state index contributed by atoms with van der Waals surface area (Å²) in [5.74, 6) is 0. The Morgan fingerprint density at radius 1 is 1.19 bits per heavy atom. The molecule has 2 aromatic rings. The molecule has 0 spiro atoms. The van der Waals surface area contributed by atoms with Gasteiger partial charge in [0, 0.05) is 27.2 Å². The molecule has 0 fully saturated rings.